The maximum absolute atomic E-state index is 12.0. The summed E-state index contributed by atoms with van der Waals surface area (Å²) in [6.45, 7) is -0.442. The normalized spacial score (nSPS) is 36.3. The number of H-pyrrole nitrogens is 1. The maximum atomic E-state index is 12.0. The number of hydrogen-bond acceptors (Lipinski definition) is 16. The molecule has 2 aliphatic heterocycles. The fourth-order valence-electron chi connectivity index (χ4n) is 3.45. The number of phosphoric acid groups is 2. The van der Waals surface area contributed by atoms with E-state index >= 15 is 0 Å². The Morgan fingerprint density at radius 1 is 1.08 bits per heavy atom. The standard InChI is InChI=1S/C16H26N2O16P2/c1-6-3-18(16(25)17-14(6)24)10-2-7(20)9(31-10)5-30-35(26,27)34-36(28,29)33-15-13(23)12(22)11(21)8(4-19)32-15/h3,7-13,15,19-23H,2,4-5H2,1H3,(H,26,27)(H,28,29)(H,17,24,25)/p-2/t7-,8+,9+,10+,11+,12+,13+,15+/m0/s1. The molecule has 3 heterocycles. The highest BCUT2D eigenvalue weighted by atomic mass is 31.3. The summed E-state index contributed by atoms with van der Waals surface area (Å²) in [7, 11) is -11.6. The van der Waals surface area contributed by atoms with Crippen molar-refractivity contribution >= 4 is 15.6 Å². The van der Waals surface area contributed by atoms with E-state index < -0.39 is 89.2 Å². The molecule has 6 N–H and O–H groups in total. The summed E-state index contributed by atoms with van der Waals surface area (Å²) in [6, 6.07) is 0. The number of rotatable bonds is 9. The molecule has 36 heavy (non-hydrogen) atoms. The molecule has 0 amide bonds. The molecule has 2 aliphatic rings. The number of aryl methyl sites for hydroxylation is 1. The zero-order valence-corrected chi connectivity index (χ0v) is 20.2. The third-order valence-corrected chi connectivity index (χ3v) is 7.87. The van der Waals surface area contributed by atoms with Crippen molar-refractivity contribution < 1.29 is 67.3 Å². The van der Waals surface area contributed by atoms with E-state index in [1.54, 1.807) is 0 Å². The van der Waals surface area contributed by atoms with Gasteiger partial charge in [-0.15, -0.1) is 0 Å². The molecule has 3 rings (SSSR count). The number of ether oxygens (including phenoxy) is 2. The van der Waals surface area contributed by atoms with Gasteiger partial charge in [0.15, 0.2) is 6.29 Å². The molecule has 1 aromatic rings. The number of nitrogens with one attached hydrogen (secondary N) is 1. The molecule has 0 spiro atoms. The van der Waals surface area contributed by atoms with Gasteiger partial charge in [0, 0.05) is 18.2 Å². The zero-order valence-electron chi connectivity index (χ0n) is 18.4. The van der Waals surface area contributed by atoms with Crippen molar-refractivity contribution in [3.8, 4) is 0 Å². The van der Waals surface area contributed by atoms with Gasteiger partial charge in [-0.2, -0.15) is 0 Å². The zero-order chi connectivity index (χ0) is 27.0. The van der Waals surface area contributed by atoms with Crippen LogP contribution in [-0.4, -0.2) is 91.2 Å². The minimum absolute atomic E-state index is 0.162. The number of aliphatic hydroxyl groups is 5. The van der Waals surface area contributed by atoms with E-state index in [2.05, 4.69) is 13.4 Å². The number of nitrogens with zero attached hydrogens (tertiary/aromatic N) is 1. The van der Waals surface area contributed by atoms with Crippen LogP contribution in [0.15, 0.2) is 15.8 Å². The molecule has 1 aromatic heterocycles. The Kier molecular flexibility index (Phi) is 9.08. The number of hydrogen-bond donors (Lipinski definition) is 6. The first-order valence-electron chi connectivity index (χ1n) is 10.3. The van der Waals surface area contributed by atoms with Gasteiger partial charge in [-0.25, -0.2) is 9.11 Å². The summed E-state index contributed by atoms with van der Waals surface area (Å²) in [6.07, 6.45) is -12.7. The highest BCUT2D eigenvalue weighted by molar-refractivity contribution is 7.59. The van der Waals surface area contributed by atoms with Gasteiger partial charge >= 0.3 is 5.69 Å². The SMILES string of the molecule is Cc1cn([C@H]2C[C@H](O)[C@@H](COP(=O)([O-])OP(=O)([O-])O[C@H]3O[C@H](CO)[C@@H](O)[C@@H](O)[C@H]3O)O2)c(=O)[nH]c1=O. The fourth-order valence-corrected chi connectivity index (χ4v) is 5.53. The predicted octanol–water partition coefficient (Wildman–Crippen LogP) is -4.72. The lowest BCUT2D eigenvalue weighted by molar-refractivity contribution is -0.305. The third-order valence-electron chi connectivity index (χ3n) is 5.34. The van der Waals surface area contributed by atoms with Crippen molar-refractivity contribution in [3.63, 3.8) is 0 Å². The minimum Gasteiger partial charge on any atom is -0.756 e. The summed E-state index contributed by atoms with van der Waals surface area (Å²) in [5.74, 6) is 0. The third kappa shape index (κ3) is 6.75. The van der Waals surface area contributed by atoms with Crippen LogP contribution in [0.4, 0.5) is 0 Å². The van der Waals surface area contributed by atoms with E-state index in [0.717, 1.165) is 4.57 Å². The summed E-state index contributed by atoms with van der Waals surface area (Å²) < 4.78 is 47.8. The molecule has 0 aliphatic carbocycles. The number of aromatic amines is 1. The highest BCUT2D eigenvalue weighted by Gasteiger charge is 2.46. The van der Waals surface area contributed by atoms with Crippen molar-refractivity contribution in [1.82, 2.24) is 9.55 Å². The van der Waals surface area contributed by atoms with Crippen LogP contribution in [0, 0.1) is 6.92 Å². The van der Waals surface area contributed by atoms with Gasteiger partial charge in [0.25, 0.3) is 21.2 Å². The fraction of sp³-hybridized carbons (Fsp3) is 0.750. The lowest BCUT2D eigenvalue weighted by atomic mass is 10.00. The Morgan fingerprint density at radius 2 is 1.75 bits per heavy atom. The Hall–Kier alpha value is -1.34. The van der Waals surface area contributed by atoms with Crippen LogP contribution >= 0.6 is 15.6 Å². The van der Waals surface area contributed by atoms with E-state index in [4.69, 9.17) is 14.6 Å². The predicted molar refractivity (Wildman–Crippen MR) is 108 cm³/mol. The van der Waals surface area contributed by atoms with Gasteiger partial charge in [0.05, 0.1) is 19.3 Å². The molecule has 0 aromatic carbocycles. The lowest BCUT2D eigenvalue weighted by Gasteiger charge is -2.41. The van der Waals surface area contributed by atoms with E-state index in [1.165, 1.54) is 13.1 Å². The van der Waals surface area contributed by atoms with Gasteiger partial charge in [0.1, 0.15) is 36.7 Å². The Labute approximate surface area is 201 Å². The Morgan fingerprint density at radius 3 is 2.39 bits per heavy atom. The average Bonchev–Trinajstić information content (AvgIpc) is 3.14. The first-order chi connectivity index (χ1) is 16.6. The summed E-state index contributed by atoms with van der Waals surface area (Å²) >= 11 is 0. The van der Waals surface area contributed by atoms with Crippen molar-refractivity contribution in [3.05, 3.63) is 32.6 Å². The van der Waals surface area contributed by atoms with Crippen LogP contribution in [0.3, 0.4) is 0 Å². The molecule has 10 atom stereocenters. The molecule has 20 heteroatoms. The van der Waals surface area contributed by atoms with Gasteiger partial charge in [0.2, 0.25) is 0 Å². The molecular weight excluding hydrogens is 538 g/mol. The smallest absolute Gasteiger partial charge is 0.330 e. The van der Waals surface area contributed by atoms with Crippen LogP contribution in [-0.2, 0) is 32.0 Å². The second-order valence-electron chi connectivity index (χ2n) is 7.99. The lowest BCUT2D eigenvalue weighted by Crippen LogP contribution is -2.59. The molecule has 2 unspecified atom stereocenters. The molecular formula is C16H24N2O16P2-2. The van der Waals surface area contributed by atoms with E-state index in [9.17, 15) is 48.9 Å². The quantitative estimate of drug-likeness (QED) is 0.154. The molecule has 2 saturated heterocycles. The van der Waals surface area contributed by atoms with Crippen LogP contribution in [0.5, 0.6) is 0 Å². The first-order valence-corrected chi connectivity index (χ1v) is 13.2. The van der Waals surface area contributed by atoms with E-state index in [0.29, 0.717) is 0 Å². The molecule has 18 nitrogen and oxygen atoms in total. The van der Waals surface area contributed by atoms with Gasteiger partial charge in [-0.05, 0) is 6.92 Å². The summed E-state index contributed by atoms with van der Waals surface area (Å²) in [5, 5.41) is 48.4. The molecule has 206 valence electrons. The largest absolute Gasteiger partial charge is 0.756 e. The molecule has 0 saturated carbocycles. The Balaban J connectivity index is 1.59. The monoisotopic (exact) mass is 562 g/mol. The van der Waals surface area contributed by atoms with Crippen molar-refractivity contribution in [2.24, 2.45) is 0 Å². The van der Waals surface area contributed by atoms with Gasteiger partial charge in [-0.1, -0.05) is 0 Å². The summed E-state index contributed by atoms with van der Waals surface area (Å²) in [5.41, 5.74) is -1.32. The van der Waals surface area contributed by atoms with Crippen LogP contribution in [0.2, 0.25) is 0 Å². The number of phosphoric ester groups is 2. The van der Waals surface area contributed by atoms with Crippen molar-refractivity contribution in [2.45, 2.75) is 62.5 Å². The van der Waals surface area contributed by atoms with E-state index in [1.807, 2.05) is 4.98 Å². The van der Waals surface area contributed by atoms with Crippen molar-refractivity contribution in [1.29, 1.82) is 0 Å². The topological polar surface area (TPSA) is 282 Å². The average molecular weight is 562 g/mol. The summed E-state index contributed by atoms with van der Waals surface area (Å²) in [4.78, 5) is 49.6. The number of aliphatic hydroxyl groups excluding tert-OH is 5. The van der Waals surface area contributed by atoms with Crippen molar-refractivity contribution in [2.75, 3.05) is 13.2 Å². The minimum atomic E-state index is -5.85. The second-order valence-corrected chi connectivity index (χ2v) is 10.9. The van der Waals surface area contributed by atoms with Gasteiger partial charge < -0.3 is 49.3 Å². The van der Waals surface area contributed by atoms with Crippen LogP contribution in [0.1, 0.15) is 18.2 Å². The highest BCUT2D eigenvalue weighted by Crippen LogP contribution is 2.57. The Bertz CT molecular complexity index is 1140. The number of aromatic nitrogens is 2. The van der Waals surface area contributed by atoms with Gasteiger partial charge in [-0.3, -0.25) is 28.0 Å². The van der Waals surface area contributed by atoms with E-state index in [-0.39, 0.29) is 12.0 Å². The maximum Gasteiger partial charge on any atom is 0.330 e. The second kappa shape index (κ2) is 11.2. The molecule has 0 radical (unpaired) electrons. The van der Waals surface area contributed by atoms with Crippen LogP contribution in [0.25, 0.3) is 0 Å². The molecule has 0 bridgehead atoms. The van der Waals surface area contributed by atoms with Crippen LogP contribution < -0.4 is 21.0 Å². The molecule has 2 fully saturated rings. The first kappa shape index (κ1) is 29.2.